The molecule has 110 valence electrons. The average molecular weight is 321 g/mol. The standard InChI is InChI=1S/C11H14ClFN4O2S/c1-20(18,19)15-3-2-4-17-10-6-8(13)7(12)5-9(10)16-11(17)14/h5-6,15H,2-4H2,1H3,(H2,14,16). The van der Waals surface area contributed by atoms with Gasteiger partial charge < -0.3 is 10.3 Å². The van der Waals surface area contributed by atoms with E-state index in [1.165, 1.54) is 12.1 Å². The molecule has 0 atom stereocenters. The molecule has 0 radical (unpaired) electrons. The number of sulfonamides is 1. The van der Waals surface area contributed by atoms with Crippen LogP contribution in [0.5, 0.6) is 0 Å². The van der Waals surface area contributed by atoms with Gasteiger partial charge in [0.05, 0.1) is 22.3 Å². The Morgan fingerprint density at radius 3 is 2.85 bits per heavy atom. The molecule has 2 aromatic rings. The number of benzene rings is 1. The lowest BCUT2D eigenvalue weighted by atomic mass is 10.3. The monoisotopic (exact) mass is 320 g/mol. The van der Waals surface area contributed by atoms with Crippen molar-refractivity contribution in [1.82, 2.24) is 14.3 Å². The van der Waals surface area contributed by atoms with E-state index in [-0.39, 0.29) is 17.5 Å². The quantitative estimate of drug-likeness (QED) is 0.814. The van der Waals surface area contributed by atoms with E-state index in [0.717, 1.165) is 6.26 Å². The van der Waals surface area contributed by atoms with Crippen LogP contribution in [0.15, 0.2) is 12.1 Å². The van der Waals surface area contributed by atoms with Crippen LogP contribution in [0.25, 0.3) is 11.0 Å². The molecule has 0 aliphatic rings. The Hall–Kier alpha value is -1.38. The highest BCUT2D eigenvalue weighted by atomic mass is 35.5. The second kappa shape index (κ2) is 5.55. The molecule has 0 bridgehead atoms. The molecular formula is C11H14ClFN4O2S. The number of nitrogens with zero attached hydrogens (tertiary/aromatic N) is 2. The zero-order valence-corrected chi connectivity index (χ0v) is 12.3. The summed E-state index contributed by atoms with van der Waals surface area (Å²) in [5, 5.41) is -0.0131. The number of aryl methyl sites for hydroxylation is 1. The van der Waals surface area contributed by atoms with E-state index in [9.17, 15) is 12.8 Å². The molecule has 1 aromatic carbocycles. The zero-order valence-electron chi connectivity index (χ0n) is 10.7. The summed E-state index contributed by atoms with van der Waals surface area (Å²) in [5.74, 6) is -0.310. The second-order valence-electron chi connectivity index (χ2n) is 4.40. The Bertz CT molecular complexity index is 744. The molecule has 0 saturated heterocycles. The van der Waals surface area contributed by atoms with Crippen molar-refractivity contribution in [2.24, 2.45) is 0 Å². The number of imidazole rings is 1. The topological polar surface area (TPSA) is 90.0 Å². The van der Waals surface area contributed by atoms with Gasteiger partial charge in [0.2, 0.25) is 16.0 Å². The van der Waals surface area contributed by atoms with Crippen molar-refractivity contribution in [2.45, 2.75) is 13.0 Å². The molecule has 0 aliphatic heterocycles. The van der Waals surface area contributed by atoms with Gasteiger partial charge in [-0.1, -0.05) is 11.6 Å². The Labute approximate surface area is 120 Å². The maximum Gasteiger partial charge on any atom is 0.208 e. The van der Waals surface area contributed by atoms with Gasteiger partial charge in [0.1, 0.15) is 5.82 Å². The van der Waals surface area contributed by atoms with Gasteiger partial charge in [-0.25, -0.2) is 22.5 Å². The number of nitrogens with two attached hydrogens (primary N) is 1. The van der Waals surface area contributed by atoms with Crippen LogP contribution >= 0.6 is 11.6 Å². The van der Waals surface area contributed by atoms with Crippen molar-refractivity contribution in [3.05, 3.63) is 23.0 Å². The zero-order chi connectivity index (χ0) is 14.9. The Balaban J connectivity index is 2.17. The molecule has 20 heavy (non-hydrogen) atoms. The predicted molar refractivity (Wildman–Crippen MR) is 76.6 cm³/mol. The van der Waals surface area contributed by atoms with Crippen LogP contribution in [0.4, 0.5) is 10.3 Å². The van der Waals surface area contributed by atoms with Crippen molar-refractivity contribution in [3.63, 3.8) is 0 Å². The molecule has 0 aliphatic carbocycles. The highest BCUT2D eigenvalue weighted by Crippen LogP contribution is 2.24. The number of nitrogen functional groups attached to an aromatic ring is 1. The SMILES string of the molecule is CS(=O)(=O)NCCCn1c(N)nc2cc(Cl)c(F)cc21. The number of hydrogen-bond acceptors (Lipinski definition) is 4. The molecule has 1 heterocycles. The normalized spacial score (nSPS) is 12.2. The third kappa shape index (κ3) is 3.38. The Morgan fingerprint density at radius 2 is 2.20 bits per heavy atom. The summed E-state index contributed by atoms with van der Waals surface area (Å²) in [7, 11) is -3.21. The van der Waals surface area contributed by atoms with Crippen LogP contribution in [0.2, 0.25) is 5.02 Å². The Morgan fingerprint density at radius 1 is 1.50 bits per heavy atom. The molecule has 9 heteroatoms. The van der Waals surface area contributed by atoms with Gasteiger partial charge >= 0.3 is 0 Å². The number of rotatable bonds is 5. The van der Waals surface area contributed by atoms with Gasteiger partial charge in [0, 0.05) is 19.2 Å². The first kappa shape index (κ1) is 15.0. The van der Waals surface area contributed by atoms with E-state index in [1.807, 2.05) is 0 Å². The predicted octanol–water partition coefficient (Wildman–Crippen LogP) is 1.35. The molecule has 0 unspecified atom stereocenters. The molecule has 0 amide bonds. The lowest BCUT2D eigenvalue weighted by Crippen LogP contribution is -2.24. The fourth-order valence-corrected chi connectivity index (χ4v) is 2.54. The van der Waals surface area contributed by atoms with E-state index >= 15 is 0 Å². The minimum atomic E-state index is -3.21. The van der Waals surface area contributed by atoms with Crippen LogP contribution in [0.1, 0.15) is 6.42 Å². The largest absolute Gasteiger partial charge is 0.369 e. The van der Waals surface area contributed by atoms with Crippen molar-refractivity contribution in [1.29, 1.82) is 0 Å². The molecule has 2 rings (SSSR count). The van der Waals surface area contributed by atoms with E-state index in [4.69, 9.17) is 17.3 Å². The summed E-state index contributed by atoms with van der Waals surface area (Å²) in [5.41, 5.74) is 6.81. The third-order valence-corrected chi connectivity index (χ3v) is 3.76. The lowest BCUT2D eigenvalue weighted by Gasteiger charge is -2.07. The van der Waals surface area contributed by atoms with Gasteiger partial charge in [-0.3, -0.25) is 0 Å². The minimum Gasteiger partial charge on any atom is -0.369 e. The number of hydrogen-bond donors (Lipinski definition) is 2. The third-order valence-electron chi connectivity index (χ3n) is 2.74. The molecule has 0 spiro atoms. The van der Waals surface area contributed by atoms with Gasteiger partial charge in [-0.2, -0.15) is 0 Å². The summed E-state index contributed by atoms with van der Waals surface area (Å²) in [6.07, 6.45) is 1.60. The maximum atomic E-state index is 13.5. The summed E-state index contributed by atoms with van der Waals surface area (Å²) in [4.78, 5) is 4.09. The molecule has 1 aromatic heterocycles. The molecule has 6 nitrogen and oxygen atoms in total. The average Bonchev–Trinajstić information content (AvgIpc) is 2.60. The second-order valence-corrected chi connectivity index (χ2v) is 6.64. The van der Waals surface area contributed by atoms with Crippen LogP contribution in [-0.4, -0.2) is 30.8 Å². The summed E-state index contributed by atoms with van der Waals surface area (Å²) < 4.78 is 39.3. The smallest absolute Gasteiger partial charge is 0.208 e. The lowest BCUT2D eigenvalue weighted by molar-refractivity contribution is 0.578. The number of anilines is 1. The fraction of sp³-hybridized carbons (Fsp3) is 0.364. The molecule has 0 saturated carbocycles. The number of halogens is 2. The number of nitrogens with one attached hydrogen (secondary N) is 1. The van der Waals surface area contributed by atoms with E-state index in [1.54, 1.807) is 4.57 Å². The minimum absolute atomic E-state index is 0.0131. The summed E-state index contributed by atoms with van der Waals surface area (Å²) in [6.45, 7) is 0.694. The summed E-state index contributed by atoms with van der Waals surface area (Å²) in [6, 6.07) is 2.68. The molecular weight excluding hydrogens is 307 g/mol. The first-order valence-corrected chi connectivity index (χ1v) is 8.10. The van der Waals surface area contributed by atoms with Crippen molar-refractivity contribution in [2.75, 3.05) is 18.5 Å². The van der Waals surface area contributed by atoms with Crippen molar-refractivity contribution < 1.29 is 12.8 Å². The summed E-state index contributed by atoms with van der Waals surface area (Å²) >= 11 is 5.68. The molecule has 3 N–H and O–H groups in total. The fourth-order valence-electron chi connectivity index (χ4n) is 1.87. The molecule has 0 fully saturated rings. The number of aromatic nitrogens is 2. The van der Waals surface area contributed by atoms with E-state index in [0.29, 0.717) is 24.0 Å². The highest BCUT2D eigenvalue weighted by Gasteiger charge is 2.11. The van der Waals surface area contributed by atoms with Crippen molar-refractivity contribution >= 4 is 38.6 Å². The van der Waals surface area contributed by atoms with E-state index in [2.05, 4.69) is 9.71 Å². The van der Waals surface area contributed by atoms with Gasteiger partial charge in [0.15, 0.2) is 0 Å². The number of fused-ring (bicyclic) bond motifs is 1. The van der Waals surface area contributed by atoms with Gasteiger partial charge in [-0.05, 0) is 12.5 Å². The van der Waals surface area contributed by atoms with Gasteiger partial charge in [-0.15, -0.1) is 0 Å². The van der Waals surface area contributed by atoms with E-state index < -0.39 is 15.8 Å². The van der Waals surface area contributed by atoms with Crippen LogP contribution in [0, 0.1) is 5.82 Å². The first-order chi connectivity index (χ1) is 9.28. The highest BCUT2D eigenvalue weighted by molar-refractivity contribution is 7.88. The maximum absolute atomic E-state index is 13.5. The van der Waals surface area contributed by atoms with Crippen LogP contribution in [0.3, 0.4) is 0 Å². The first-order valence-electron chi connectivity index (χ1n) is 5.83. The van der Waals surface area contributed by atoms with Crippen LogP contribution < -0.4 is 10.5 Å². The van der Waals surface area contributed by atoms with Gasteiger partial charge in [0.25, 0.3) is 0 Å². The Kier molecular flexibility index (Phi) is 4.17. The van der Waals surface area contributed by atoms with Crippen LogP contribution in [-0.2, 0) is 16.6 Å². The van der Waals surface area contributed by atoms with Crippen molar-refractivity contribution in [3.8, 4) is 0 Å².